The zero-order chi connectivity index (χ0) is 16.6. The second-order valence-corrected chi connectivity index (χ2v) is 5.68. The Labute approximate surface area is 162 Å². The maximum Gasteiger partial charge on any atom is 1.00 e. The molecule has 1 amide bonds. The monoisotopic (exact) mass is 338 g/mol. The molecule has 0 saturated heterocycles. The minimum Gasteiger partial charge on any atom is -0.549 e. The molecule has 130 valence electrons. The molecule has 0 bridgehead atoms. The van der Waals surface area contributed by atoms with Crippen LogP contribution in [-0.4, -0.2) is 41.8 Å². The first kappa shape index (κ1) is 25.1. The number of aliphatic hydroxyl groups excluding tert-OH is 1. The van der Waals surface area contributed by atoms with Crippen molar-refractivity contribution < 1.29 is 49.4 Å². The van der Waals surface area contributed by atoms with Crippen LogP contribution in [0, 0.1) is 0 Å². The van der Waals surface area contributed by atoms with E-state index in [4.69, 9.17) is 5.11 Å². The minimum atomic E-state index is -1.28. The molecule has 0 aliphatic carbocycles. The molecule has 0 unspecified atom stereocenters. The summed E-state index contributed by atoms with van der Waals surface area (Å²) in [6, 6.07) is 0. The second kappa shape index (κ2) is 18.2. The van der Waals surface area contributed by atoms with Crippen molar-refractivity contribution in [2.24, 2.45) is 0 Å². The van der Waals surface area contributed by atoms with Gasteiger partial charge in [-0.1, -0.05) is 58.3 Å². The van der Waals surface area contributed by atoms with Gasteiger partial charge in [-0.3, -0.25) is 9.69 Å². The summed E-state index contributed by atoms with van der Waals surface area (Å²) in [5.41, 5.74) is 0. The van der Waals surface area contributed by atoms with Crippen LogP contribution >= 0.6 is 0 Å². The number of carbonyl (C=O) groups excluding carboxylic acids is 2. The van der Waals surface area contributed by atoms with Crippen LogP contribution in [0.3, 0.4) is 0 Å². The van der Waals surface area contributed by atoms with E-state index < -0.39 is 19.2 Å². The number of hydrogen-bond acceptors (Lipinski definition) is 5. The van der Waals surface area contributed by atoms with Crippen molar-refractivity contribution in [3.8, 4) is 0 Å². The van der Waals surface area contributed by atoms with Crippen LogP contribution in [0.1, 0.15) is 71.1 Å². The Hall–Kier alpha value is -0.140. The zero-order valence-corrected chi connectivity index (χ0v) is 16.8. The summed E-state index contributed by atoms with van der Waals surface area (Å²) in [4.78, 5) is 23.1. The molecule has 0 atom stereocenters. The minimum absolute atomic E-state index is 0. The van der Waals surface area contributed by atoms with Gasteiger partial charge < -0.3 is 20.3 Å². The third kappa shape index (κ3) is 18.0. The van der Waals surface area contributed by atoms with E-state index in [1.54, 1.807) is 0 Å². The number of aliphatic hydroxyl groups is 1. The molecular weight excluding hydrogens is 307 g/mol. The Morgan fingerprint density at radius 2 is 1.52 bits per heavy atom. The Kier molecular flexibility index (Phi) is 19.9. The summed E-state index contributed by atoms with van der Waals surface area (Å²) in [5, 5.41) is 21.9. The molecule has 0 aliphatic heterocycles. The van der Waals surface area contributed by atoms with Crippen molar-refractivity contribution in [3.05, 3.63) is 0 Å². The van der Waals surface area contributed by atoms with Crippen LogP contribution in [0.5, 0.6) is 0 Å². The number of amides is 1. The van der Waals surface area contributed by atoms with Crippen LogP contribution in [0.2, 0.25) is 0 Å². The molecular formula is C16H31N2NaO4. The normalized spacial score (nSPS) is 10.4. The summed E-state index contributed by atoms with van der Waals surface area (Å²) >= 11 is 0. The first-order valence-electron chi connectivity index (χ1n) is 8.40. The quantitative estimate of drug-likeness (QED) is 0.204. The van der Waals surface area contributed by atoms with E-state index in [0.717, 1.165) is 19.3 Å². The average Bonchev–Trinajstić information content (AvgIpc) is 2.49. The molecule has 0 aromatic carbocycles. The van der Waals surface area contributed by atoms with Crippen molar-refractivity contribution in [2.45, 2.75) is 71.1 Å². The van der Waals surface area contributed by atoms with E-state index in [9.17, 15) is 14.7 Å². The third-order valence-electron chi connectivity index (χ3n) is 3.56. The van der Waals surface area contributed by atoms with E-state index in [-0.39, 0.29) is 42.1 Å². The average molecular weight is 338 g/mol. The van der Waals surface area contributed by atoms with Gasteiger partial charge in [-0.05, 0) is 6.42 Å². The molecule has 0 rings (SSSR count). The van der Waals surface area contributed by atoms with Gasteiger partial charge in [0.2, 0.25) is 5.91 Å². The third-order valence-corrected chi connectivity index (χ3v) is 3.56. The smallest absolute Gasteiger partial charge is 0.549 e. The number of aliphatic carboxylic acids is 1. The SMILES string of the molecule is CCCCCCCCCCCC(=O)NCN(CO)CC(=O)[O-].[Na+]. The van der Waals surface area contributed by atoms with Crippen LogP contribution in [0.15, 0.2) is 0 Å². The van der Waals surface area contributed by atoms with Gasteiger partial charge in [0, 0.05) is 13.0 Å². The number of hydrogen-bond donors (Lipinski definition) is 2. The van der Waals surface area contributed by atoms with Gasteiger partial charge in [0.15, 0.2) is 0 Å². The van der Waals surface area contributed by atoms with Crippen molar-refractivity contribution in [3.63, 3.8) is 0 Å². The number of unbranched alkanes of at least 4 members (excludes halogenated alkanes) is 8. The van der Waals surface area contributed by atoms with Crippen molar-refractivity contribution in [2.75, 3.05) is 19.9 Å². The molecule has 7 heteroatoms. The molecule has 0 saturated carbocycles. The molecule has 0 spiro atoms. The fraction of sp³-hybridized carbons (Fsp3) is 0.875. The van der Waals surface area contributed by atoms with Gasteiger partial charge >= 0.3 is 29.6 Å². The number of carboxylic acids is 1. The Morgan fingerprint density at radius 1 is 1.00 bits per heavy atom. The van der Waals surface area contributed by atoms with Crippen LogP contribution in [0.4, 0.5) is 0 Å². The fourth-order valence-electron chi connectivity index (χ4n) is 2.22. The Morgan fingerprint density at radius 3 is 2.00 bits per heavy atom. The van der Waals surface area contributed by atoms with Crippen molar-refractivity contribution in [1.29, 1.82) is 0 Å². The summed E-state index contributed by atoms with van der Waals surface area (Å²) in [6.07, 6.45) is 11.2. The number of carboxylic acid groups (broad SMARTS) is 1. The topological polar surface area (TPSA) is 92.7 Å². The number of nitrogens with one attached hydrogen (secondary N) is 1. The van der Waals surface area contributed by atoms with E-state index >= 15 is 0 Å². The summed E-state index contributed by atoms with van der Waals surface area (Å²) in [5.74, 6) is -1.39. The molecule has 0 aliphatic rings. The number of nitrogens with zero attached hydrogens (tertiary/aromatic N) is 1. The van der Waals surface area contributed by atoms with Gasteiger partial charge in [-0.2, -0.15) is 0 Å². The van der Waals surface area contributed by atoms with E-state index in [0.29, 0.717) is 6.42 Å². The van der Waals surface area contributed by atoms with Crippen LogP contribution in [0.25, 0.3) is 0 Å². The summed E-state index contributed by atoms with van der Waals surface area (Å²) in [7, 11) is 0. The maximum atomic E-state index is 11.6. The fourth-order valence-corrected chi connectivity index (χ4v) is 2.22. The van der Waals surface area contributed by atoms with E-state index in [1.807, 2.05) is 0 Å². The van der Waals surface area contributed by atoms with Crippen LogP contribution < -0.4 is 40.0 Å². The molecule has 0 radical (unpaired) electrons. The van der Waals surface area contributed by atoms with E-state index in [2.05, 4.69) is 12.2 Å². The largest absolute Gasteiger partial charge is 1.00 e. The Bertz CT molecular complexity index is 304. The molecule has 0 aromatic heterocycles. The van der Waals surface area contributed by atoms with Gasteiger partial charge in [-0.25, -0.2) is 0 Å². The predicted octanol–water partition coefficient (Wildman–Crippen LogP) is -2.01. The van der Waals surface area contributed by atoms with E-state index in [1.165, 1.54) is 43.4 Å². The zero-order valence-electron chi connectivity index (χ0n) is 14.8. The van der Waals surface area contributed by atoms with Gasteiger partial charge in [0.05, 0.1) is 19.4 Å². The predicted molar refractivity (Wildman–Crippen MR) is 83.7 cm³/mol. The summed E-state index contributed by atoms with van der Waals surface area (Å²) in [6.45, 7) is 1.42. The molecule has 0 heterocycles. The Balaban J connectivity index is 0. The van der Waals surface area contributed by atoms with Crippen molar-refractivity contribution in [1.82, 2.24) is 10.2 Å². The molecule has 6 nitrogen and oxygen atoms in total. The van der Waals surface area contributed by atoms with Gasteiger partial charge in [0.1, 0.15) is 0 Å². The first-order valence-corrected chi connectivity index (χ1v) is 8.40. The van der Waals surface area contributed by atoms with Gasteiger partial charge in [-0.15, -0.1) is 0 Å². The molecule has 0 fully saturated rings. The first-order chi connectivity index (χ1) is 10.6. The number of rotatable bonds is 15. The molecule has 0 aromatic rings. The number of carbonyl (C=O) groups is 2. The van der Waals surface area contributed by atoms with Crippen LogP contribution in [-0.2, 0) is 9.59 Å². The second-order valence-electron chi connectivity index (χ2n) is 5.68. The molecule has 2 N–H and O–H groups in total. The standard InChI is InChI=1S/C16H32N2O4.Na/c1-2-3-4-5-6-7-8-9-10-11-15(20)17-13-18(14-19)12-16(21)22;/h19H,2-14H2,1H3,(H,17,20)(H,21,22);/q;+1/p-1. The summed E-state index contributed by atoms with van der Waals surface area (Å²) < 4.78 is 0. The van der Waals surface area contributed by atoms with Gasteiger partial charge in [0.25, 0.3) is 0 Å². The maximum absolute atomic E-state index is 11.6. The van der Waals surface area contributed by atoms with Crippen molar-refractivity contribution >= 4 is 11.9 Å². The molecule has 23 heavy (non-hydrogen) atoms.